The molecule has 2 aromatic rings. The third-order valence-electron chi connectivity index (χ3n) is 4.19. The maximum absolute atomic E-state index is 12.4. The van der Waals surface area contributed by atoms with Crippen molar-refractivity contribution >= 4 is 5.91 Å². The summed E-state index contributed by atoms with van der Waals surface area (Å²) >= 11 is 0. The van der Waals surface area contributed by atoms with Crippen LogP contribution in [0.25, 0.3) is 0 Å². The number of carbonyl (C=O) groups is 1. The molecule has 0 aliphatic rings. The molecule has 0 aliphatic heterocycles. The molecule has 5 heteroatoms. The normalized spacial score (nSPS) is 12.2. The summed E-state index contributed by atoms with van der Waals surface area (Å²) in [7, 11) is 0. The molecule has 24 heavy (non-hydrogen) atoms. The first kappa shape index (κ1) is 17.9. The summed E-state index contributed by atoms with van der Waals surface area (Å²) < 4.78 is 0. The van der Waals surface area contributed by atoms with Gasteiger partial charge in [0.1, 0.15) is 5.56 Å². The number of H-pyrrole nitrogens is 1. The number of aromatic nitrogens is 1. The zero-order valence-electron chi connectivity index (χ0n) is 14.5. The first-order valence-corrected chi connectivity index (χ1v) is 8.33. The predicted octanol–water partition coefficient (Wildman–Crippen LogP) is 2.50. The topological polar surface area (TPSA) is 65.2 Å². The molecule has 128 valence electrons. The number of aromatic amines is 1. The van der Waals surface area contributed by atoms with E-state index in [1.807, 2.05) is 18.2 Å². The number of hydrogen-bond acceptors (Lipinski definition) is 3. The number of carbonyl (C=O) groups excluding carboxylic acids is 1. The Bertz CT molecular complexity index is 721. The zero-order chi connectivity index (χ0) is 17.5. The molecule has 0 unspecified atom stereocenters. The number of amides is 1. The van der Waals surface area contributed by atoms with Crippen LogP contribution in [0.15, 0.2) is 47.3 Å². The van der Waals surface area contributed by atoms with Crippen molar-refractivity contribution < 1.29 is 4.79 Å². The average molecular weight is 327 g/mol. The fourth-order valence-electron chi connectivity index (χ4n) is 2.83. The highest BCUT2D eigenvalue weighted by molar-refractivity contribution is 5.93. The van der Waals surface area contributed by atoms with Gasteiger partial charge in [-0.05, 0) is 37.7 Å². The molecule has 2 N–H and O–H groups in total. The minimum atomic E-state index is -0.355. The average Bonchev–Trinajstić information content (AvgIpc) is 2.59. The summed E-state index contributed by atoms with van der Waals surface area (Å²) in [5.74, 6) is -0.343. The number of pyridine rings is 1. The van der Waals surface area contributed by atoms with E-state index in [0.29, 0.717) is 6.54 Å². The number of nitrogens with zero attached hydrogens (tertiary/aromatic N) is 1. The van der Waals surface area contributed by atoms with E-state index >= 15 is 0 Å². The van der Waals surface area contributed by atoms with Crippen LogP contribution in [0.1, 0.15) is 41.5 Å². The second kappa shape index (κ2) is 8.45. The first-order valence-electron chi connectivity index (χ1n) is 8.33. The minimum absolute atomic E-state index is 0.0784. The molecule has 0 aliphatic carbocycles. The van der Waals surface area contributed by atoms with Crippen molar-refractivity contribution in [3.63, 3.8) is 0 Å². The standard InChI is InChI=1S/C19H25N3O2/c1-4-22(5-2)17(15-9-7-6-8-10-15)13-20-18(23)16-12-11-14(3)21-19(16)24/h6-12,17H,4-5,13H2,1-3H3,(H,20,23)(H,21,24)/t17-/m0/s1. The van der Waals surface area contributed by atoms with Gasteiger partial charge in [-0.15, -0.1) is 0 Å². The number of aryl methyl sites for hydroxylation is 1. The van der Waals surface area contributed by atoms with Gasteiger partial charge in [-0.2, -0.15) is 0 Å². The SMILES string of the molecule is CCN(CC)[C@@H](CNC(=O)c1ccc(C)[nH]c1=O)c1ccccc1. The van der Waals surface area contributed by atoms with Gasteiger partial charge in [0.25, 0.3) is 11.5 Å². The summed E-state index contributed by atoms with van der Waals surface area (Å²) in [6, 6.07) is 13.5. The molecule has 0 spiro atoms. The van der Waals surface area contributed by atoms with Crippen LogP contribution in [-0.4, -0.2) is 35.4 Å². The third kappa shape index (κ3) is 4.32. The van der Waals surface area contributed by atoms with Gasteiger partial charge in [-0.1, -0.05) is 44.2 Å². The molecule has 0 fully saturated rings. The van der Waals surface area contributed by atoms with Crippen molar-refractivity contribution in [2.75, 3.05) is 19.6 Å². The Morgan fingerprint density at radius 2 is 1.79 bits per heavy atom. The molecule has 1 aromatic carbocycles. The molecule has 1 heterocycles. The zero-order valence-corrected chi connectivity index (χ0v) is 14.5. The van der Waals surface area contributed by atoms with Gasteiger partial charge in [0.15, 0.2) is 0 Å². The predicted molar refractivity (Wildman–Crippen MR) is 96.2 cm³/mol. The summed E-state index contributed by atoms with van der Waals surface area (Å²) in [5, 5.41) is 2.91. The number of hydrogen-bond donors (Lipinski definition) is 2. The van der Waals surface area contributed by atoms with Crippen LogP contribution < -0.4 is 10.9 Å². The molecule has 0 saturated carbocycles. The Hall–Kier alpha value is -2.40. The fourth-order valence-corrected chi connectivity index (χ4v) is 2.83. The Labute approximate surface area is 142 Å². The molecule has 0 radical (unpaired) electrons. The van der Waals surface area contributed by atoms with Gasteiger partial charge in [0, 0.05) is 12.2 Å². The lowest BCUT2D eigenvalue weighted by molar-refractivity contribution is 0.0933. The van der Waals surface area contributed by atoms with Crippen molar-refractivity contribution in [2.45, 2.75) is 26.8 Å². The second-order valence-corrected chi connectivity index (χ2v) is 5.74. The molecular formula is C19H25N3O2. The summed E-state index contributed by atoms with van der Waals surface area (Å²) in [6.45, 7) is 8.22. The lowest BCUT2D eigenvalue weighted by Gasteiger charge is -2.30. The van der Waals surface area contributed by atoms with E-state index in [1.165, 1.54) is 0 Å². The fraction of sp³-hybridized carbons (Fsp3) is 0.368. The molecular weight excluding hydrogens is 302 g/mol. The van der Waals surface area contributed by atoms with Crippen molar-refractivity contribution in [1.82, 2.24) is 15.2 Å². The van der Waals surface area contributed by atoms with Crippen LogP contribution in [0.2, 0.25) is 0 Å². The lowest BCUT2D eigenvalue weighted by Crippen LogP contribution is -2.39. The van der Waals surface area contributed by atoms with E-state index in [2.05, 4.69) is 41.2 Å². The highest BCUT2D eigenvalue weighted by Gasteiger charge is 2.19. The van der Waals surface area contributed by atoms with E-state index < -0.39 is 0 Å². The second-order valence-electron chi connectivity index (χ2n) is 5.74. The van der Waals surface area contributed by atoms with Crippen molar-refractivity contribution in [1.29, 1.82) is 0 Å². The monoisotopic (exact) mass is 327 g/mol. The largest absolute Gasteiger partial charge is 0.350 e. The molecule has 1 aromatic heterocycles. The molecule has 5 nitrogen and oxygen atoms in total. The molecule has 0 saturated heterocycles. The Balaban J connectivity index is 2.15. The Morgan fingerprint density at radius 3 is 2.38 bits per heavy atom. The van der Waals surface area contributed by atoms with Crippen molar-refractivity contribution in [3.05, 3.63) is 69.6 Å². The number of benzene rings is 1. The lowest BCUT2D eigenvalue weighted by atomic mass is 10.0. The van der Waals surface area contributed by atoms with Crippen molar-refractivity contribution in [3.8, 4) is 0 Å². The molecule has 2 rings (SSSR count). The Kier molecular flexibility index (Phi) is 6.32. The number of rotatable bonds is 7. The van der Waals surface area contributed by atoms with Gasteiger partial charge >= 0.3 is 0 Å². The highest BCUT2D eigenvalue weighted by Crippen LogP contribution is 2.19. The quantitative estimate of drug-likeness (QED) is 0.821. The van der Waals surface area contributed by atoms with E-state index in [0.717, 1.165) is 24.3 Å². The first-order chi connectivity index (χ1) is 11.6. The highest BCUT2D eigenvalue weighted by atomic mass is 16.2. The van der Waals surface area contributed by atoms with Gasteiger partial charge < -0.3 is 10.3 Å². The van der Waals surface area contributed by atoms with Crippen LogP contribution in [0.4, 0.5) is 0 Å². The van der Waals surface area contributed by atoms with E-state index in [1.54, 1.807) is 19.1 Å². The maximum Gasteiger partial charge on any atom is 0.260 e. The Morgan fingerprint density at radius 1 is 1.12 bits per heavy atom. The summed E-state index contributed by atoms with van der Waals surface area (Å²) in [6.07, 6.45) is 0. The molecule has 0 bridgehead atoms. The van der Waals surface area contributed by atoms with Crippen LogP contribution in [-0.2, 0) is 0 Å². The van der Waals surface area contributed by atoms with Gasteiger partial charge in [0.05, 0.1) is 6.04 Å². The number of nitrogens with one attached hydrogen (secondary N) is 2. The van der Waals surface area contributed by atoms with Gasteiger partial charge in [-0.3, -0.25) is 14.5 Å². The maximum atomic E-state index is 12.4. The van der Waals surface area contributed by atoms with Crippen LogP contribution in [0.3, 0.4) is 0 Å². The van der Waals surface area contributed by atoms with Gasteiger partial charge in [-0.25, -0.2) is 0 Å². The van der Waals surface area contributed by atoms with Crippen LogP contribution in [0.5, 0.6) is 0 Å². The summed E-state index contributed by atoms with van der Waals surface area (Å²) in [4.78, 5) is 29.2. The smallest absolute Gasteiger partial charge is 0.260 e. The minimum Gasteiger partial charge on any atom is -0.350 e. The molecule has 1 atom stereocenters. The van der Waals surface area contributed by atoms with Crippen LogP contribution in [0, 0.1) is 6.92 Å². The van der Waals surface area contributed by atoms with Crippen LogP contribution >= 0.6 is 0 Å². The van der Waals surface area contributed by atoms with Crippen molar-refractivity contribution in [2.24, 2.45) is 0 Å². The molecule has 1 amide bonds. The summed E-state index contributed by atoms with van der Waals surface area (Å²) in [5.41, 5.74) is 1.68. The van der Waals surface area contributed by atoms with E-state index in [-0.39, 0.29) is 23.1 Å². The van der Waals surface area contributed by atoms with E-state index in [9.17, 15) is 9.59 Å². The number of likely N-dealkylation sites (N-methyl/N-ethyl adjacent to an activating group) is 1. The third-order valence-corrected chi connectivity index (χ3v) is 4.19. The van der Waals surface area contributed by atoms with E-state index in [4.69, 9.17) is 0 Å². The van der Waals surface area contributed by atoms with Gasteiger partial charge in [0.2, 0.25) is 0 Å².